The molecule has 0 saturated carbocycles. The van der Waals surface area contributed by atoms with E-state index in [1.54, 1.807) is 15.2 Å². The summed E-state index contributed by atoms with van der Waals surface area (Å²) in [5, 5.41) is 0. The van der Waals surface area contributed by atoms with Crippen LogP contribution in [-0.4, -0.2) is 15.7 Å². The second kappa shape index (κ2) is 6.84. The van der Waals surface area contributed by atoms with Gasteiger partial charge in [-0.25, -0.2) is 4.79 Å². The first kappa shape index (κ1) is 14.2. The highest BCUT2D eigenvalue weighted by Gasteiger charge is 2.02. The zero-order valence-electron chi connectivity index (χ0n) is 11.8. The zero-order chi connectivity index (χ0) is 14.4. The van der Waals surface area contributed by atoms with Gasteiger partial charge in [-0.05, 0) is 25.0 Å². The van der Waals surface area contributed by atoms with Crippen molar-refractivity contribution in [2.24, 2.45) is 0 Å². The molecule has 0 atom stereocenters. The largest absolute Gasteiger partial charge is 0.493 e. The quantitative estimate of drug-likeness (QED) is 0.622. The molecule has 0 amide bonds. The minimum Gasteiger partial charge on any atom is -0.493 e. The summed E-state index contributed by atoms with van der Waals surface area (Å²) in [5.41, 5.74) is 6.42. The van der Waals surface area contributed by atoms with E-state index in [1.807, 2.05) is 30.6 Å². The Balaban J connectivity index is 1.80. The molecule has 0 unspecified atom stereocenters. The summed E-state index contributed by atoms with van der Waals surface area (Å²) in [6.07, 6.45) is 5.41. The average molecular weight is 275 g/mol. The van der Waals surface area contributed by atoms with E-state index in [-0.39, 0.29) is 5.69 Å². The second-order valence-electron chi connectivity index (χ2n) is 4.74. The molecule has 1 aromatic heterocycles. The molecule has 108 valence electrons. The van der Waals surface area contributed by atoms with Crippen molar-refractivity contribution in [2.75, 3.05) is 12.3 Å². The van der Waals surface area contributed by atoms with Crippen molar-refractivity contribution >= 4 is 5.69 Å². The molecule has 0 aliphatic heterocycles. The summed E-state index contributed by atoms with van der Waals surface area (Å²) < 4.78 is 9.06. The number of aromatic nitrogens is 2. The summed E-state index contributed by atoms with van der Waals surface area (Å²) in [7, 11) is 0. The van der Waals surface area contributed by atoms with Crippen molar-refractivity contribution in [3.05, 3.63) is 47.1 Å². The van der Waals surface area contributed by atoms with Crippen molar-refractivity contribution in [1.29, 1.82) is 0 Å². The fourth-order valence-electron chi connectivity index (χ4n) is 2.06. The molecule has 0 spiro atoms. The Morgan fingerprint density at radius 3 is 2.65 bits per heavy atom. The number of ether oxygens (including phenoxy) is 1. The van der Waals surface area contributed by atoms with Gasteiger partial charge in [-0.3, -0.25) is 9.13 Å². The van der Waals surface area contributed by atoms with E-state index in [9.17, 15) is 4.79 Å². The van der Waals surface area contributed by atoms with Crippen LogP contribution in [0.4, 0.5) is 5.69 Å². The van der Waals surface area contributed by atoms with E-state index in [0.717, 1.165) is 25.1 Å². The standard InChI is InChI=1S/C15H21N3O2/c1-2-7-17-9-10-18(15(17)19)8-4-11-20-14-6-3-5-13(16)12-14/h3,5-6,9-10,12H,2,4,7-8,11,16H2,1H3. The molecule has 0 aliphatic rings. The van der Waals surface area contributed by atoms with Crippen molar-refractivity contribution in [1.82, 2.24) is 9.13 Å². The highest BCUT2D eigenvalue weighted by atomic mass is 16.5. The number of imidazole rings is 1. The third kappa shape index (κ3) is 3.66. The number of hydrogen-bond acceptors (Lipinski definition) is 3. The number of rotatable bonds is 7. The molecule has 0 aliphatic carbocycles. The number of benzene rings is 1. The molecule has 0 bridgehead atoms. The Hall–Kier alpha value is -2.17. The summed E-state index contributed by atoms with van der Waals surface area (Å²) in [4.78, 5) is 11.9. The van der Waals surface area contributed by atoms with Gasteiger partial charge >= 0.3 is 5.69 Å². The predicted octanol–water partition coefficient (Wildman–Crippen LogP) is 2.11. The fraction of sp³-hybridized carbons (Fsp3) is 0.400. The van der Waals surface area contributed by atoms with Crippen LogP contribution in [0.15, 0.2) is 41.5 Å². The van der Waals surface area contributed by atoms with Crippen LogP contribution in [0.1, 0.15) is 19.8 Å². The summed E-state index contributed by atoms with van der Waals surface area (Å²) >= 11 is 0. The van der Waals surface area contributed by atoms with Gasteiger partial charge in [0.2, 0.25) is 0 Å². The van der Waals surface area contributed by atoms with E-state index in [0.29, 0.717) is 18.8 Å². The van der Waals surface area contributed by atoms with Gasteiger partial charge in [0.15, 0.2) is 0 Å². The van der Waals surface area contributed by atoms with Crippen LogP contribution in [0, 0.1) is 0 Å². The highest BCUT2D eigenvalue weighted by Crippen LogP contribution is 2.14. The number of hydrogen-bond donors (Lipinski definition) is 1. The lowest BCUT2D eigenvalue weighted by Gasteiger charge is -2.07. The Kier molecular flexibility index (Phi) is 4.87. The van der Waals surface area contributed by atoms with Gasteiger partial charge in [-0.2, -0.15) is 0 Å². The molecular formula is C15H21N3O2. The molecule has 20 heavy (non-hydrogen) atoms. The monoisotopic (exact) mass is 275 g/mol. The molecule has 0 fully saturated rings. The maximum atomic E-state index is 11.9. The third-order valence-electron chi connectivity index (χ3n) is 3.05. The Bertz CT molecular complexity index is 601. The first-order valence-corrected chi connectivity index (χ1v) is 6.94. The molecule has 5 nitrogen and oxygen atoms in total. The number of nitrogens with two attached hydrogens (primary N) is 1. The van der Waals surface area contributed by atoms with Crippen LogP contribution in [0.3, 0.4) is 0 Å². The third-order valence-corrected chi connectivity index (χ3v) is 3.05. The fourth-order valence-corrected chi connectivity index (χ4v) is 2.06. The summed E-state index contributed by atoms with van der Waals surface area (Å²) in [6.45, 7) is 4.06. The second-order valence-corrected chi connectivity index (χ2v) is 4.74. The van der Waals surface area contributed by atoms with Crippen molar-refractivity contribution in [3.63, 3.8) is 0 Å². The van der Waals surface area contributed by atoms with E-state index >= 15 is 0 Å². The van der Waals surface area contributed by atoms with Crippen molar-refractivity contribution in [3.8, 4) is 5.75 Å². The molecule has 0 saturated heterocycles. The lowest BCUT2D eigenvalue weighted by Crippen LogP contribution is -2.24. The van der Waals surface area contributed by atoms with E-state index in [1.165, 1.54) is 0 Å². The summed E-state index contributed by atoms with van der Waals surface area (Å²) in [5.74, 6) is 0.765. The van der Waals surface area contributed by atoms with Gasteiger partial charge in [0, 0.05) is 37.2 Å². The van der Waals surface area contributed by atoms with Gasteiger partial charge < -0.3 is 10.5 Å². The lowest BCUT2D eigenvalue weighted by molar-refractivity contribution is 0.301. The number of anilines is 1. The maximum Gasteiger partial charge on any atom is 0.328 e. The minimum atomic E-state index is 0.0517. The molecule has 0 radical (unpaired) electrons. The minimum absolute atomic E-state index is 0.0517. The van der Waals surface area contributed by atoms with E-state index in [2.05, 4.69) is 6.92 Å². The van der Waals surface area contributed by atoms with Crippen molar-refractivity contribution < 1.29 is 4.74 Å². The van der Waals surface area contributed by atoms with Crippen LogP contribution in [-0.2, 0) is 13.1 Å². The zero-order valence-corrected chi connectivity index (χ0v) is 11.8. The van der Waals surface area contributed by atoms with Crippen LogP contribution in [0.5, 0.6) is 5.75 Å². The number of aryl methyl sites for hydroxylation is 2. The molecule has 2 rings (SSSR count). The van der Waals surface area contributed by atoms with Gasteiger partial charge in [-0.15, -0.1) is 0 Å². The molecule has 1 aromatic carbocycles. The van der Waals surface area contributed by atoms with Crippen molar-refractivity contribution in [2.45, 2.75) is 32.9 Å². The lowest BCUT2D eigenvalue weighted by atomic mass is 10.3. The molecule has 2 N–H and O–H groups in total. The molecule has 2 aromatic rings. The summed E-state index contributed by atoms with van der Waals surface area (Å²) in [6, 6.07) is 7.35. The van der Waals surface area contributed by atoms with Gasteiger partial charge in [-0.1, -0.05) is 13.0 Å². The Morgan fingerprint density at radius 1 is 1.20 bits per heavy atom. The van der Waals surface area contributed by atoms with Crippen LogP contribution >= 0.6 is 0 Å². The number of nitrogens with zero attached hydrogens (tertiary/aromatic N) is 2. The van der Waals surface area contributed by atoms with Crippen LogP contribution in [0.25, 0.3) is 0 Å². The highest BCUT2D eigenvalue weighted by molar-refractivity contribution is 5.43. The van der Waals surface area contributed by atoms with E-state index in [4.69, 9.17) is 10.5 Å². The average Bonchev–Trinajstić information content (AvgIpc) is 2.77. The topological polar surface area (TPSA) is 62.2 Å². The Morgan fingerprint density at radius 2 is 1.95 bits per heavy atom. The smallest absolute Gasteiger partial charge is 0.328 e. The first-order valence-electron chi connectivity index (χ1n) is 6.94. The van der Waals surface area contributed by atoms with Gasteiger partial charge in [0.1, 0.15) is 5.75 Å². The van der Waals surface area contributed by atoms with Crippen LogP contribution < -0.4 is 16.2 Å². The van der Waals surface area contributed by atoms with Gasteiger partial charge in [0.05, 0.1) is 6.61 Å². The molecule has 1 heterocycles. The SMILES string of the molecule is CCCn1ccn(CCCOc2cccc(N)c2)c1=O. The Labute approximate surface area is 118 Å². The van der Waals surface area contributed by atoms with E-state index < -0.39 is 0 Å². The predicted molar refractivity (Wildman–Crippen MR) is 79.9 cm³/mol. The number of nitrogen functional groups attached to an aromatic ring is 1. The first-order chi connectivity index (χ1) is 9.70. The maximum absolute atomic E-state index is 11.9. The van der Waals surface area contributed by atoms with Gasteiger partial charge in [0.25, 0.3) is 0 Å². The molecule has 5 heteroatoms. The molecular weight excluding hydrogens is 254 g/mol. The normalized spacial score (nSPS) is 10.7. The van der Waals surface area contributed by atoms with Crippen LogP contribution in [0.2, 0.25) is 0 Å².